The summed E-state index contributed by atoms with van der Waals surface area (Å²) in [5.74, 6) is 2.64. The molecule has 0 saturated heterocycles. The highest BCUT2D eigenvalue weighted by molar-refractivity contribution is 5.46. The Morgan fingerprint density at radius 3 is 2.84 bits per heavy atom. The topological polar surface area (TPSA) is 76.7 Å². The van der Waals surface area contributed by atoms with Crippen LogP contribution in [0.3, 0.4) is 0 Å². The summed E-state index contributed by atoms with van der Waals surface area (Å²) in [6, 6.07) is 7.73. The molecule has 3 N–H and O–H groups in total. The van der Waals surface area contributed by atoms with Crippen molar-refractivity contribution in [1.82, 2.24) is 15.0 Å². The standard InChI is InChI=1S/C14H17N5/c1-9(11-4-2-3-7-16-11)17-13-8-12(15)18-14(19-13)10-5-6-10/h2-4,7-10H,5-6H2,1H3,(H3,15,17,18,19). The SMILES string of the molecule is CC(Nc1cc(N)nc(C2CC2)n1)c1ccccn1. The van der Waals surface area contributed by atoms with Gasteiger partial charge in [0.15, 0.2) is 0 Å². The van der Waals surface area contributed by atoms with E-state index in [-0.39, 0.29) is 6.04 Å². The molecule has 0 aromatic carbocycles. The molecule has 1 unspecified atom stereocenters. The molecule has 2 heterocycles. The summed E-state index contributed by atoms with van der Waals surface area (Å²) in [5, 5.41) is 3.33. The first-order chi connectivity index (χ1) is 9.22. The summed E-state index contributed by atoms with van der Waals surface area (Å²) in [5.41, 5.74) is 6.81. The lowest BCUT2D eigenvalue weighted by Gasteiger charge is -2.14. The minimum Gasteiger partial charge on any atom is -0.384 e. The van der Waals surface area contributed by atoms with E-state index in [1.54, 1.807) is 12.3 Å². The molecule has 0 spiro atoms. The number of pyridine rings is 1. The van der Waals surface area contributed by atoms with Gasteiger partial charge in [-0.1, -0.05) is 6.07 Å². The van der Waals surface area contributed by atoms with E-state index in [2.05, 4.69) is 27.2 Å². The fourth-order valence-electron chi connectivity index (χ4n) is 2.01. The van der Waals surface area contributed by atoms with Crippen LogP contribution in [0, 0.1) is 0 Å². The molecule has 1 saturated carbocycles. The average Bonchev–Trinajstić information content (AvgIpc) is 3.23. The first-order valence-corrected chi connectivity index (χ1v) is 6.54. The van der Waals surface area contributed by atoms with E-state index >= 15 is 0 Å². The monoisotopic (exact) mass is 255 g/mol. The number of nitrogen functional groups attached to an aromatic ring is 1. The van der Waals surface area contributed by atoms with Crippen LogP contribution in [0.1, 0.15) is 43.2 Å². The quantitative estimate of drug-likeness (QED) is 0.877. The van der Waals surface area contributed by atoms with Gasteiger partial charge in [0.1, 0.15) is 17.5 Å². The third-order valence-corrected chi connectivity index (χ3v) is 3.20. The zero-order valence-electron chi connectivity index (χ0n) is 10.9. The molecule has 0 bridgehead atoms. The molecule has 19 heavy (non-hydrogen) atoms. The summed E-state index contributed by atoms with van der Waals surface area (Å²) in [7, 11) is 0. The molecule has 0 radical (unpaired) electrons. The maximum atomic E-state index is 5.83. The van der Waals surface area contributed by atoms with E-state index in [1.165, 1.54) is 12.8 Å². The van der Waals surface area contributed by atoms with Crippen LogP contribution in [0.25, 0.3) is 0 Å². The van der Waals surface area contributed by atoms with Gasteiger partial charge < -0.3 is 11.1 Å². The van der Waals surface area contributed by atoms with Crippen LogP contribution < -0.4 is 11.1 Å². The van der Waals surface area contributed by atoms with Gasteiger partial charge in [-0.2, -0.15) is 0 Å². The number of hydrogen-bond donors (Lipinski definition) is 2. The Balaban J connectivity index is 1.79. The minimum absolute atomic E-state index is 0.0857. The highest BCUT2D eigenvalue weighted by atomic mass is 15.1. The van der Waals surface area contributed by atoms with Crippen molar-refractivity contribution in [2.24, 2.45) is 0 Å². The van der Waals surface area contributed by atoms with E-state index in [1.807, 2.05) is 18.2 Å². The van der Waals surface area contributed by atoms with Crippen LogP contribution in [0.4, 0.5) is 11.6 Å². The molecule has 2 aromatic heterocycles. The van der Waals surface area contributed by atoms with Gasteiger partial charge in [0, 0.05) is 18.2 Å². The lowest BCUT2D eigenvalue weighted by molar-refractivity contribution is 0.822. The van der Waals surface area contributed by atoms with Crippen molar-refractivity contribution in [2.45, 2.75) is 31.7 Å². The maximum Gasteiger partial charge on any atom is 0.136 e. The van der Waals surface area contributed by atoms with Gasteiger partial charge in [-0.3, -0.25) is 4.98 Å². The number of rotatable bonds is 4. The first-order valence-electron chi connectivity index (χ1n) is 6.54. The van der Waals surface area contributed by atoms with Crippen molar-refractivity contribution in [3.63, 3.8) is 0 Å². The number of nitrogens with two attached hydrogens (primary N) is 1. The minimum atomic E-state index is 0.0857. The second-order valence-corrected chi connectivity index (χ2v) is 4.93. The number of nitrogens with zero attached hydrogens (tertiary/aromatic N) is 3. The molecule has 0 amide bonds. The number of hydrogen-bond acceptors (Lipinski definition) is 5. The second kappa shape index (κ2) is 4.84. The Bertz CT molecular complexity index is 565. The van der Waals surface area contributed by atoms with Crippen LogP contribution in [-0.2, 0) is 0 Å². The van der Waals surface area contributed by atoms with Crippen molar-refractivity contribution in [3.05, 3.63) is 42.0 Å². The zero-order chi connectivity index (χ0) is 13.2. The summed E-state index contributed by atoms with van der Waals surface area (Å²) in [4.78, 5) is 13.1. The summed E-state index contributed by atoms with van der Waals surface area (Å²) in [6.45, 7) is 2.05. The van der Waals surface area contributed by atoms with E-state index < -0.39 is 0 Å². The molecule has 1 atom stereocenters. The van der Waals surface area contributed by atoms with Crippen molar-refractivity contribution in [1.29, 1.82) is 0 Å². The van der Waals surface area contributed by atoms with Crippen molar-refractivity contribution in [2.75, 3.05) is 11.1 Å². The number of nitrogens with one attached hydrogen (secondary N) is 1. The fourth-order valence-corrected chi connectivity index (χ4v) is 2.01. The third-order valence-electron chi connectivity index (χ3n) is 3.20. The molecule has 3 rings (SSSR count). The Hall–Kier alpha value is -2.17. The molecule has 2 aromatic rings. The molecule has 0 aliphatic heterocycles. The van der Waals surface area contributed by atoms with Gasteiger partial charge in [0.25, 0.3) is 0 Å². The van der Waals surface area contributed by atoms with Gasteiger partial charge in [-0.15, -0.1) is 0 Å². The molecule has 1 aliphatic carbocycles. The van der Waals surface area contributed by atoms with Crippen LogP contribution in [0.15, 0.2) is 30.5 Å². The van der Waals surface area contributed by atoms with Crippen molar-refractivity contribution >= 4 is 11.6 Å². The Morgan fingerprint density at radius 1 is 1.32 bits per heavy atom. The van der Waals surface area contributed by atoms with Crippen LogP contribution >= 0.6 is 0 Å². The van der Waals surface area contributed by atoms with Crippen molar-refractivity contribution < 1.29 is 0 Å². The smallest absolute Gasteiger partial charge is 0.136 e. The zero-order valence-corrected chi connectivity index (χ0v) is 10.9. The van der Waals surface area contributed by atoms with Gasteiger partial charge in [0.05, 0.1) is 11.7 Å². The van der Waals surface area contributed by atoms with Gasteiger partial charge in [0.2, 0.25) is 0 Å². The second-order valence-electron chi connectivity index (χ2n) is 4.93. The molecule has 5 nitrogen and oxygen atoms in total. The number of aromatic nitrogens is 3. The van der Waals surface area contributed by atoms with E-state index in [0.717, 1.165) is 17.3 Å². The molecule has 1 fully saturated rings. The molecule has 1 aliphatic rings. The van der Waals surface area contributed by atoms with Crippen LogP contribution in [0.2, 0.25) is 0 Å². The normalized spacial score (nSPS) is 16.1. The Labute approximate surface area is 112 Å². The van der Waals surface area contributed by atoms with E-state index in [4.69, 9.17) is 5.73 Å². The fraction of sp³-hybridized carbons (Fsp3) is 0.357. The molecular weight excluding hydrogens is 238 g/mol. The first kappa shape index (κ1) is 11.9. The average molecular weight is 255 g/mol. The Morgan fingerprint density at radius 2 is 2.16 bits per heavy atom. The third kappa shape index (κ3) is 2.81. The van der Waals surface area contributed by atoms with Crippen LogP contribution in [0.5, 0.6) is 0 Å². The predicted molar refractivity (Wildman–Crippen MR) is 74.7 cm³/mol. The highest BCUT2D eigenvalue weighted by Gasteiger charge is 2.27. The summed E-state index contributed by atoms with van der Waals surface area (Å²) in [6.07, 6.45) is 4.12. The Kier molecular flexibility index (Phi) is 3.03. The highest BCUT2D eigenvalue weighted by Crippen LogP contribution is 2.38. The van der Waals surface area contributed by atoms with Crippen molar-refractivity contribution in [3.8, 4) is 0 Å². The van der Waals surface area contributed by atoms with E-state index in [0.29, 0.717) is 11.7 Å². The lowest BCUT2D eigenvalue weighted by atomic mass is 10.2. The largest absolute Gasteiger partial charge is 0.384 e. The number of anilines is 2. The molecule has 98 valence electrons. The van der Waals surface area contributed by atoms with Gasteiger partial charge in [-0.05, 0) is 31.9 Å². The summed E-state index contributed by atoms with van der Waals surface area (Å²) >= 11 is 0. The summed E-state index contributed by atoms with van der Waals surface area (Å²) < 4.78 is 0. The lowest BCUT2D eigenvalue weighted by Crippen LogP contribution is -2.11. The predicted octanol–water partition coefficient (Wildman–Crippen LogP) is 2.50. The van der Waals surface area contributed by atoms with Gasteiger partial charge in [-0.25, -0.2) is 9.97 Å². The molecule has 5 heteroatoms. The van der Waals surface area contributed by atoms with Gasteiger partial charge >= 0.3 is 0 Å². The van der Waals surface area contributed by atoms with E-state index in [9.17, 15) is 0 Å². The van der Waals surface area contributed by atoms with Crippen LogP contribution in [-0.4, -0.2) is 15.0 Å². The molecular formula is C14H17N5. The maximum absolute atomic E-state index is 5.83.